The van der Waals surface area contributed by atoms with Crippen molar-refractivity contribution in [3.63, 3.8) is 0 Å². The fraction of sp³-hybridized carbons (Fsp3) is 0.389. The molecule has 1 saturated heterocycles. The van der Waals surface area contributed by atoms with E-state index in [1.165, 1.54) is 0 Å². The zero-order chi connectivity index (χ0) is 16.9. The molecule has 1 aliphatic heterocycles. The van der Waals surface area contributed by atoms with Gasteiger partial charge in [-0.05, 0) is 43.0 Å². The van der Waals surface area contributed by atoms with E-state index in [1.54, 1.807) is 6.20 Å². The number of amides is 1. The van der Waals surface area contributed by atoms with Gasteiger partial charge in [-0.2, -0.15) is 5.10 Å². The van der Waals surface area contributed by atoms with Crippen molar-refractivity contribution in [3.8, 4) is 0 Å². The highest BCUT2D eigenvalue weighted by Crippen LogP contribution is 2.21. The summed E-state index contributed by atoms with van der Waals surface area (Å²) in [7, 11) is 0. The lowest BCUT2D eigenvalue weighted by Crippen LogP contribution is -2.48. The van der Waals surface area contributed by atoms with Crippen LogP contribution in [0, 0.1) is 6.92 Å². The first kappa shape index (κ1) is 16.7. The third kappa shape index (κ3) is 4.03. The molecule has 1 atom stereocenters. The Morgan fingerprint density at radius 2 is 2.25 bits per heavy atom. The van der Waals surface area contributed by atoms with E-state index >= 15 is 0 Å². The Morgan fingerprint density at radius 3 is 3.04 bits per heavy atom. The molecule has 5 nitrogen and oxygen atoms in total. The molecule has 1 fully saturated rings. The molecular weight excluding hydrogens is 324 g/mol. The molecule has 1 N–H and O–H groups in total. The van der Waals surface area contributed by atoms with Crippen LogP contribution in [-0.2, 0) is 11.2 Å². The minimum atomic E-state index is 0.00787. The number of carbonyl (C=O) groups excluding carboxylic acids is 1. The molecule has 2 heterocycles. The maximum Gasteiger partial charge on any atom is 0.224 e. The summed E-state index contributed by atoms with van der Waals surface area (Å²) in [5, 5.41) is 11.9. The monoisotopic (exact) mass is 344 g/mol. The van der Waals surface area contributed by atoms with Crippen LogP contribution in [-0.4, -0.2) is 35.2 Å². The van der Waals surface area contributed by atoms with E-state index in [0.29, 0.717) is 11.4 Å². The van der Waals surface area contributed by atoms with Crippen molar-refractivity contribution in [3.05, 3.63) is 52.7 Å². The first-order valence-corrected chi connectivity index (χ1v) is 8.57. The maximum absolute atomic E-state index is 12.4. The van der Waals surface area contributed by atoms with E-state index in [2.05, 4.69) is 20.4 Å². The SMILES string of the molecule is Cc1cccc(CC(=O)N[C@@H]2CCCN(c3cccnn3)C2)c1Cl. The maximum atomic E-state index is 12.4. The third-order valence-corrected chi connectivity index (χ3v) is 4.83. The zero-order valence-corrected chi connectivity index (χ0v) is 14.5. The van der Waals surface area contributed by atoms with Crippen molar-refractivity contribution in [1.82, 2.24) is 15.5 Å². The quantitative estimate of drug-likeness (QED) is 0.926. The number of piperidine rings is 1. The van der Waals surface area contributed by atoms with E-state index in [-0.39, 0.29) is 11.9 Å². The largest absolute Gasteiger partial charge is 0.353 e. The number of rotatable bonds is 4. The van der Waals surface area contributed by atoms with Crippen molar-refractivity contribution in [2.75, 3.05) is 18.0 Å². The van der Waals surface area contributed by atoms with Gasteiger partial charge in [-0.15, -0.1) is 5.10 Å². The number of hydrogen-bond acceptors (Lipinski definition) is 4. The lowest BCUT2D eigenvalue weighted by molar-refractivity contribution is -0.121. The second kappa shape index (κ2) is 7.62. The highest BCUT2D eigenvalue weighted by atomic mass is 35.5. The summed E-state index contributed by atoms with van der Waals surface area (Å²) in [6.45, 7) is 3.64. The van der Waals surface area contributed by atoms with Crippen LogP contribution < -0.4 is 10.2 Å². The molecule has 0 saturated carbocycles. The minimum Gasteiger partial charge on any atom is -0.353 e. The highest BCUT2D eigenvalue weighted by Gasteiger charge is 2.22. The molecule has 0 bridgehead atoms. The number of anilines is 1. The van der Waals surface area contributed by atoms with Gasteiger partial charge in [0.25, 0.3) is 0 Å². The van der Waals surface area contributed by atoms with E-state index in [4.69, 9.17) is 11.6 Å². The lowest BCUT2D eigenvalue weighted by Gasteiger charge is -2.33. The van der Waals surface area contributed by atoms with Crippen LogP contribution in [0.5, 0.6) is 0 Å². The number of nitrogens with one attached hydrogen (secondary N) is 1. The normalized spacial score (nSPS) is 17.6. The van der Waals surface area contributed by atoms with Crippen molar-refractivity contribution >= 4 is 23.3 Å². The highest BCUT2D eigenvalue weighted by molar-refractivity contribution is 6.32. The molecule has 126 valence electrons. The van der Waals surface area contributed by atoms with Gasteiger partial charge in [0.2, 0.25) is 5.91 Å². The van der Waals surface area contributed by atoms with Crippen molar-refractivity contribution < 1.29 is 4.79 Å². The van der Waals surface area contributed by atoms with Crippen molar-refractivity contribution in [2.24, 2.45) is 0 Å². The van der Waals surface area contributed by atoms with Crippen LogP contribution in [0.25, 0.3) is 0 Å². The summed E-state index contributed by atoms with van der Waals surface area (Å²) in [5.74, 6) is 0.867. The zero-order valence-electron chi connectivity index (χ0n) is 13.7. The average Bonchev–Trinajstić information content (AvgIpc) is 2.60. The fourth-order valence-corrected chi connectivity index (χ4v) is 3.25. The minimum absolute atomic E-state index is 0.00787. The number of nitrogens with zero attached hydrogens (tertiary/aromatic N) is 3. The summed E-state index contributed by atoms with van der Waals surface area (Å²) in [5.41, 5.74) is 1.87. The Bertz CT molecular complexity index is 707. The van der Waals surface area contributed by atoms with Gasteiger partial charge >= 0.3 is 0 Å². The number of carbonyl (C=O) groups is 1. The first-order valence-electron chi connectivity index (χ1n) is 8.19. The number of benzene rings is 1. The molecule has 0 aliphatic carbocycles. The van der Waals surface area contributed by atoms with Gasteiger partial charge in [-0.3, -0.25) is 4.79 Å². The molecule has 6 heteroatoms. The summed E-state index contributed by atoms with van der Waals surface area (Å²) in [4.78, 5) is 14.5. The molecule has 0 unspecified atom stereocenters. The van der Waals surface area contributed by atoms with E-state index in [0.717, 1.165) is 42.9 Å². The predicted octanol–water partition coefficient (Wildman–Crippen LogP) is 2.77. The smallest absolute Gasteiger partial charge is 0.224 e. The Morgan fingerprint density at radius 1 is 1.38 bits per heavy atom. The molecule has 1 aromatic heterocycles. The van der Waals surface area contributed by atoms with Crippen molar-refractivity contribution in [1.29, 1.82) is 0 Å². The average molecular weight is 345 g/mol. The number of aryl methyl sites for hydroxylation is 1. The number of hydrogen-bond donors (Lipinski definition) is 1. The van der Waals surface area contributed by atoms with Crippen LogP contribution in [0.15, 0.2) is 36.5 Å². The molecular formula is C18H21ClN4O. The predicted molar refractivity (Wildman–Crippen MR) is 95.3 cm³/mol. The topological polar surface area (TPSA) is 58.1 Å². The number of halogens is 1. The van der Waals surface area contributed by atoms with Gasteiger partial charge in [0, 0.05) is 30.4 Å². The molecule has 0 radical (unpaired) electrons. The number of aromatic nitrogens is 2. The van der Waals surface area contributed by atoms with Gasteiger partial charge in [0.1, 0.15) is 0 Å². The van der Waals surface area contributed by atoms with Crippen LogP contribution >= 0.6 is 11.6 Å². The Labute approximate surface area is 147 Å². The van der Waals surface area contributed by atoms with Gasteiger partial charge in [-0.25, -0.2) is 0 Å². The van der Waals surface area contributed by atoms with Gasteiger partial charge in [0.05, 0.1) is 6.42 Å². The summed E-state index contributed by atoms with van der Waals surface area (Å²) < 4.78 is 0. The Hall–Kier alpha value is -2.14. The lowest BCUT2D eigenvalue weighted by atomic mass is 10.0. The second-order valence-corrected chi connectivity index (χ2v) is 6.54. The van der Waals surface area contributed by atoms with Crippen LogP contribution in [0.1, 0.15) is 24.0 Å². The van der Waals surface area contributed by atoms with Gasteiger partial charge < -0.3 is 10.2 Å². The van der Waals surface area contributed by atoms with Crippen LogP contribution in [0.2, 0.25) is 5.02 Å². The van der Waals surface area contributed by atoms with E-state index in [1.807, 2.05) is 37.3 Å². The molecule has 2 aromatic rings. The molecule has 1 amide bonds. The van der Waals surface area contributed by atoms with E-state index in [9.17, 15) is 4.79 Å². The second-order valence-electron chi connectivity index (χ2n) is 6.16. The standard InChI is InChI=1S/C18H21ClN4O/c1-13-5-2-6-14(18(13)19)11-17(24)21-15-7-4-10-23(12-15)16-8-3-9-20-22-16/h2-3,5-6,8-9,15H,4,7,10-12H2,1H3,(H,21,24)/t15-/m1/s1. The molecule has 24 heavy (non-hydrogen) atoms. The molecule has 0 spiro atoms. The summed E-state index contributed by atoms with van der Waals surface area (Å²) in [6, 6.07) is 9.73. The van der Waals surface area contributed by atoms with Gasteiger partial charge in [-0.1, -0.05) is 29.8 Å². The summed E-state index contributed by atoms with van der Waals surface area (Å²) >= 11 is 6.28. The first-order chi connectivity index (χ1) is 11.6. The fourth-order valence-electron chi connectivity index (χ4n) is 3.06. The van der Waals surface area contributed by atoms with Crippen LogP contribution in [0.3, 0.4) is 0 Å². The van der Waals surface area contributed by atoms with E-state index < -0.39 is 0 Å². The Kier molecular flexibility index (Phi) is 5.30. The third-order valence-electron chi connectivity index (χ3n) is 4.29. The van der Waals surface area contributed by atoms with Crippen molar-refractivity contribution in [2.45, 2.75) is 32.2 Å². The molecule has 3 rings (SSSR count). The van der Waals surface area contributed by atoms with Crippen LogP contribution in [0.4, 0.5) is 5.82 Å². The van der Waals surface area contributed by atoms with Gasteiger partial charge in [0.15, 0.2) is 5.82 Å². The summed E-state index contributed by atoms with van der Waals surface area (Å²) in [6.07, 6.45) is 3.97. The Balaban J connectivity index is 1.59. The molecule has 1 aliphatic rings. The molecule has 1 aromatic carbocycles.